The summed E-state index contributed by atoms with van der Waals surface area (Å²) in [5, 5.41) is 18.4. The summed E-state index contributed by atoms with van der Waals surface area (Å²) in [6.45, 7) is 1.41. The first-order valence-corrected chi connectivity index (χ1v) is 9.20. The van der Waals surface area contributed by atoms with Gasteiger partial charge < -0.3 is 20.3 Å². The molecule has 1 N–H and O–H groups in total. The molecule has 28 heavy (non-hydrogen) atoms. The fourth-order valence-corrected chi connectivity index (χ4v) is 3.45. The first kappa shape index (κ1) is 17.9. The Balaban J connectivity index is 1.37. The number of hydrogen-bond donors (Lipinski definition) is 1. The maximum absolute atomic E-state index is 12.6. The number of fused-ring (bicyclic) bond motifs is 1. The largest absolute Gasteiger partial charge is 0.368 e. The summed E-state index contributed by atoms with van der Waals surface area (Å²) in [6.07, 6.45) is 3.69. The van der Waals surface area contributed by atoms with Crippen LogP contribution in [0.15, 0.2) is 48.7 Å². The van der Waals surface area contributed by atoms with Crippen molar-refractivity contribution in [3.05, 3.63) is 64.3 Å². The van der Waals surface area contributed by atoms with Crippen molar-refractivity contribution >= 4 is 23.2 Å². The Morgan fingerprint density at radius 1 is 1.21 bits per heavy atom. The number of nitro groups is 1. The van der Waals surface area contributed by atoms with Crippen LogP contribution in [0.5, 0.6) is 0 Å². The number of anilines is 1. The molecular weight excluding hydrogens is 360 g/mol. The fourth-order valence-electron chi connectivity index (χ4n) is 3.45. The van der Waals surface area contributed by atoms with Gasteiger partial charge in [-0.2, -0.15) is 0 Å². The van der Waals surface area contributed by atoms with Gasteiger partial charge in [-0.15, -0.1) is 0 Å². The summed E-state index contributed by atoms with van der Waals surface area (Å²) < 4.78 is 1.17. The van der Waals surface area contributed by atoms with E-state index < -0.39 is 4.92 Å². The number of hydrogen-bond acceptors (Lipinski definition) is 6. The third-order valence-electron chi connectivity index (χ3n) is 4.89. The predicted molar refractivity (Wildman–Crippen MR) is 103 cm³/mol. The highest BCUT2D eigenvalue weighted by molar-refractivity contribution is 5.86. The van der Waals surface area contributed by atoms with E-state index in [2.05, 4.69) is 27.5 Å². The van der Waals surface area contributed by atoms with Gasteiger partial charge in [-0.05, 0) is 35.8 Å². The van der Waals surface area contributed by atoms with Crippen LogP contribution in [0, 0.1) is 10.1 Å². The Labute approximate surface area is 161 Å². The van der Waals surface area contributed by atoms with Gasteiger partial charge in [-0.3, -0.25) is 4.79 Å². The first-order chi connectivity index (χ1) is 13.6. The predicted octanol–water partition coefficient (Wildman–Crippen LogP) is 2.28. The Morgan fingerprint density at radius 3 is 2.82 bits per heavy atom. The number of nitrogens with one attached hydrogen (secondary N) is 1. The van der Waals surface area contributed by atoms with Crippen molar-refractivity contribution in [2.75, 3.05) is 18.4 Å². The molecule has 4 rings (SSSR count). The van der Waals surface area contributed by atoms with Crippen molar-refractivity contribution in [1.82, 2.24) is 19.5 Å². The molecule has 1 saturated heterocycles. The molecule has 3 aromatic rings. The third-order valence-corrected chi connectivity index (χ3v) is 4.89. The molecule has 3 heterocycles. The number of nitrogens with zero attached hydrogens (tertiary/aromatic N) is 5. The van der Waals surface area contributed by atoms with E-state index in [1.807, 2.05) is 23.1 Å². The van der Waals surface area contributed by atoms with Crippen LogP contribution < -0.4 is 5.32 Å². The van der Waals surface area contributed by atoms with Gasteiger partial charge in [0, 0.05) is 19.2 Å². The van der Waals surface area contributed by atoms with Crippen LogP contribution in [0.3, 0.4) is 0 Å². The van der Waals surface area contributed by atoms with Gasteiger partial charge in [0.05, 0.1) is 0 Å². The highest BCUT2D eigenvalue weighted by Gasteiger charge is 2.31. The summed E-state index contributed by atoms with van der Waals surface area (Å²) in [5.41, 5.74) is 1.65. The number of aromatic nitrogens is 3. The molecule has 1 aliphatic rings. The van der Waals surface area contributed by atoms with Crippen LogP contribution in [-0.4, -0.2) is 49.5 Å². The molecule has 1 fully saturated rings. The van der Waals surface area contributed by atoms with E-state index in [4.69, 9.17) is 0 Å². The van der Waals surface area contributed by atoms with Crippen LogP contribution in [-0.2, 0) is 11.2 Å². The quantitative estimate of drug-likeness (QED) is 0.498. The molecule has 1 atom stereocenters. The molecule has 0 bridgehead atoms. The highest BCUT2D eigenvalue weighted by atomic mass is 16.6. The summed E-state index contributed by atoms with van der Waals surface area (Å²) in [5.74, 6) is 0.243. The fraction of sp³-hybridized carbons (Fsp3) is 0.316. The smallest absolute Gasteiger partial charge is 0.358 e. The normalized spacial score (nSPS) is 16.6. The van der Waals surface area contributed by atoms with Crippen molar-refractivity contribution in [2.24, 2.45) is 0 Å². The number of imidazole rings is 1. The molecule has 1 aliphatic heterocycles. The van der Waals surface area contributed by atoms with Crippen LogP contribution in [0.2, 0.25) is 0 Å². The SMILES string of the molecule is O=C1C(Nc2ccc3ncc([N+](=O)[O-])n3n2)CCN1CCCc1ccccc1. The number of aryl methyl sites for hydroxylation is 1. The van der Waals surface area contributed by atoms with Crippen molar-refractivity contribution in [2.45, 2.75) is 25.3 Å². The Bertz CT molecular complexity index is 1000. The molecule has 0 spiro atoms. The maximum Gasteiger partial charge on any atom is 0.368 e. The monoisotopic (exact) mass is 380 g/mol. The maximum atomic E-state index is 12.6. The van der Waals surface area contributed by atoms with Gasteiger partial charge in [0.1, 0.15) is 12.2 Å². The van der Waals surface area contributed by atoms with Crippen LogP contribution >= 0.6 is 0 Å². The zero-order valence-electron chi connectivity index (χ0n) is 15.2. The van der Waals surface area contributed by atoms with Gasteiger partial charge in [-0.1, -0.05) is 39.9 Å². The zero-order valence-corrected chi connectivity index (χ0v) is 15.2. The average Bonchev–Trinajstić information content (AvgIpc) is 3.27. The second-order valence-electron chi connectivity index (χ2n) is 6.76. The number of carbonyl (C=O) groups is 1. The van der Waals surface area contributed by atoms with Crippen molar-refractivity contribution < 1.29 is 9.72 Å². The van der Waals surface area contributed by atoms with Crippen molar-refractivity contribution in [3.8, 4) is 0 Å². The molecule has 144 valence electrons. The van der Waals surface area contributed by atoms with E-state index in [-0.39, 0.29) is 17.8 Å². The molecule has 0 aliphatic carbocycles. The van der Waals surface area contributed by atoms with Crippen molar-refractivity contribution in [1.29, 1.82) is 0 Å². The van der Waals surface area contributed by atoms with E-state index in [0.717, 1.165) is 12.8 Å². The zero-order chi connectivity index (χ0) is 19.5. The lowest BCUT2D eigenvalue weighted by molar-refractivity contribution is -0.391. The van der Waals surface area contributed by atoms with Crippen molar-refractivity contribution in [3.63, 3.8) is 0 Å². The minimum Gasteiger partial charge on any atom is -0.358 e. The first-order valence-electron chi connectivity index (χ1n) is 9.20. The highest BCUT2D eigenvalue weighted by Crippen LogP contribution is 2.19. The molecule has 9 nitrogen and oxygen atoms in total. The molecule has 2 aromatic heterocycles. The Kier molecular flexibility index (Phi) is 4.88. The lowest BCUT2D eigenvalue weighted by Gasteiger charge is -2.17. The summed E-state index contributed by atoms with van der Waals surface area (Å²) in [7, 11) is 0. The molecule has 0 saturated carbocycles. The molecule has 0 radical (unpaired) electrons. The van der Waals surface area contributed by atoms with E-state index >= 15 is 0 Å². The van der Waals surface area contributed by atoms with Gasteiger partial charge in [-0.25, -0.2) is 4.98 Å². The van der Waals surface area contributed by atoms with Gasteiger partial charge in [0.15, 0.2) is 5.82 Å². The van der Waals surface area contributed by atoms with Crippen LogP contribution in [0.25, 0.3) is 5.65 Å². The Hall–Kier alpha value is -3.49. The van der Waals surface area contributed by atoms with Gasteiger partial charge >= 0.3 is 5.82 Å². The summed E-state index contributed by atoms with van der Waals surface area (Å²) in [6, 6.07) is 13.2. The topological polar surface area (TPSA) is 106 Å². The number of likely N-dealkylation sites (tertiary alicyclic amines) is 1. The van der Waals surface area contributed by atoms with Gasteiger partial charge in [0.2, 0.25) is 11.6 Å². The van der Waals surface area contributed by atoms with E-state index in [1.165, 1.54) is 16.3 Å². The molecule has 1 amide bonds. The minimum atomic E-state index is -0.536. The van der Waals surface area contributed by atoms with Crippen LogP contribution in [0.1, 0.15) is 18.4 Å². The van der Waals surface area contributed by atoms with Crippen LogP contribution in [0.4, 0.5) is 11.6 Å². The number of amides is 1. The standard InChI is InChI=1S/C19H20N6O3/c26-19-15(10-12-23(19)11-4-7-14-5-2-1-3-6-14)21-16-8-9-17-20-13-18(25(27)28)24(17)22-16/h1-3,5-6,8-9,13,15H,4,7,10-12H2,(H,21,22). The lowest BCUT2D eigenvalue weighted by atomic mass is 10.1. The molecular formula is C19H20N6O3. The number of carbonyl (C=O) groups excluding carboxylic acids is 1. The lowest BCUT2D eigenvalue weighted by Crippen LogP contribution is -2.34. The molecule has 9 heteroatoms. The van der Waals surface area contributed by atoms with Gasteiger partial charge in [0.25, 0.3) is 0 Å². The summed E-state index contributed by atoms with van der Waals surface area (Å²) >= 11 is 0. The van der Waals surface area contributed by atoms with E-state index in [1.54, 1.807) is 12.1 Å². The third kappa shape index (κ3) is 3.64. The Morgan fingerprint density at radius 2 is 2.04 bits per heavy atom. The molecule has 1 unspecified atom stereocenters. The average molecular weight is 380 g/mol. The molecule has 1 aromatic carbocycles. The van der Waals surface area contributed by atoms with E-state index in [0.29, 0.717) is 31.0 Å². The van der Waals surface area contributed by atoms with E-state index in [9.17, 15) is 14.9 Å². The summed E-state index contributed by atoms with van der Waals surface area (Å²) in [4.78, 5) is 29.0. The minimum absolute atomic E-state index is 0.0371. The second-order valence-corrected chi connectivity index (χ2v) is 6.76. The number of benzene rings is 1. The second kappa shape index (κ2) is 7.63. The number of rotatable bonds is 7.